The van der Waals surface area contributed by atoms with Crippen LogP contribution < -0.4 is 18.9 Å². The number of nitrogens with zero attached hydrogens (tertiary/aromatic N) is 1. The third-order valence-electron chi connectivity index (χ3n) is 4.04. The molecule has 0 radical (unpaired) electrons. The van der Waals surface area contributed by atoms with E-state index in [1.807, 2.05) is 62.6 Å². The first kappa shape index (κ1) is 22.5. The molecule has 2 atom stereocenters. The van der Waals surface area contributed by atoms with Crippen molar-refractivity contribution in [2.75, 3.05) is 20.6 Å². The van der Waals surface area contributed by atoms with Gasteiger partial charge in [0.15, 0.2) is 0 Å². The zero-order valence-corrected chi connectivity index (χ0v) is 15.9. The molecule has 0 aliphatic heterocycles. The van der Waals surface area contributed by atoms with E-state index in [-0.39, 0.29) is 47.8 Å². The summed E-state index contributed by atoms with van der Waals surface area (Å²) in [4.78, 5) is 2.13. The Kier molecular flexibility index (Phi) is 10.1. The van der Waals surface area contributed by atoms with Gasteiger partial charge in [0.2, 0.25) is 0 Å². The average molecular weight is 321 g/mol. The van der Waals surface area contributed by atoms with Gasteiger partial charge in [-0.05, 0) is 25.2 Å². The topological polar surface area (TPSA) is 23.5 Å². The van der Waals surface area contributed by atoms with Crippen LogP contribution in [0, 0.1) is 5.92 Å². The van der Waals surface area contributed by atoms with Crippen molar-refractivity contribution < 1.29 is 29.7 Å². The van der Waals surface area contributed by atoms with E-state index in [1.54, 1.807) is 0 Å². The van der Waals surface area contributed by atoms with Gasteiger partial charge in [-0.3, -0.25) is 0 Å². The van der Waals surface area contributed by atoms with E-state index in [1.165, 1.54) is 0 Å². The van der Waals surface area contributed by atoms with Gasteiger partial charge in [-0.25, -0.2) is 0 Å². The second-order valence-corrected chi connectivity index (χ2v) is 6.12. The Morgan fingerprint density at radius 2 is 1.48 bits per heavy atom. The number of hydrogen-bond acceptors (Lipinski definition) is 2. The summed E-state index contributed by atoms with van der Waals surface area (Å²) in [6.07, 6.45) is 0.632. The number of hydrogen-bond donors (Lipinski definition) is 1. The van der Waals surface area contributed by atoms with Crippen LogP contribution in [0.3, 0.4) is 0 Å². The van der Waals surface area contributed by atoms with E-state index in [2.05, 4.69) is 24.0 Å². The van der Waals surface area contributed by atoms with E-state index in [0.717, 1.165) is 17.7 Å². The largest absolute Gasteiger partial charge is 3.00 e. The zero-order valence-electron chi connectivity index (χ0n) is 18.7. The van der Waals surface area contributed by atoms with Crippen LogP contribution in [-0.2, 0) is 12.0 Å². The third-order valence-corrected chi connectivity index (χ3v) is 4.04. The van der Waals surface area contributed by atoms with Crippen molar-refractivity contribution in [2.45, 2.75) is 18.9 Å². The monoisotopic (exact) mass is 321 g/mol. The van der Waals surface area contributed by atoms with Gasteiger partial charge in [0.05, 0.1) is 5.60 Å². The summed E-state index contributed by atoms with van der Waals surface area (Å²) >= 11 is 0. The number of benzene rings is 2. The molecule has 0 aliphatic rings. The van der Waals surface area contributed by atoms with Gasteiger partial charge in [-0.1, -0.05) is 67.6 Å². The van der Waals surface area contributed by atoms with Crippen LogP contribution in [0.25, 0.3) is 0 Å². The van der Waals surface area contributed by atoms with E-state index < -0.39 is 5.60 Å². The third kappa shape index (κ3) is 6.13. The Hall–Kier alpha value is -0.510. The standard InChI is InChI=1S/C19H25NO.Al.Li.4H/c1-16(15-20(2)3)19(21,18-12-8-5-9-13-18)14-17-10-6-4-7-11-17;;;;;;/h4-13,16,21H,14-15H2,1-3H3;;;;;;/q;+3;+1;4*-1. The van der Waals surface area contributed by atoms with Crippen LogP contribution in [0.15, 0.2) is 60.7 Å². The zero-order chi connectivity index (χ0) is 15.3. The normalized spacial score (nSPS) is 14.3. The van der Waals surface area contributed by atoms with Crippen LogP contribution in [0.1, 0.15) is 23.8 Å². The molecule has 23 heavy (non-hydrogen) atoms. The van der Waals surface area contributed by atoms with Crippen LogP contribution in [0.2, 0.25) is 0 Å². The molecule has 2 aromatic carbocycles. The Bertz CT molecular complexity index is 566. The van der Waals surface area contributed by atoms with Gasteiger partial charge in [0, 0.05) is 18.9 Å². The van der Waals surface area contributed by atoms with Crippen molar-refractivity contribution in [3.8, 4) is 0 Å². The average Bonchev–Trinajstić information content (AvgIpc) is 2.48. The smallest absolute Gasteiger partial charge is 1.00 e. The molecule has 0 amide bonds. The summed E-state index contributed by atoms with van der Waals surface area (Å²) in [6, 6.07) is 20.2. The molecule has 2 unspecified atom stereocenters. The van der Waals surface area contributed by atoms with Crippen molar-refractivity contribution in [3.63, 3.8) is 0 Å². The Morgan fingerprint density at radius 1 is 1.00 bits per heavy atom. The predicted molar refractivity (Wildman–Crippen MR) is 98.4 cm³/mol. The first-order valence-corrected chi connectivity index (χ1v) is 7.49. The van der Waals surface area contributed by atoms with Crippen LogP contribution in [0.4, 0.5) is 0 Å². The van der Waals surface area contributed by atoms with Crippen molar-refractivity contribution in [1.29, 1.82) is 0 Å². The molecule has 0 bridgehead atoms. The van der Waals surface area contributed by atoms with Crippen LogP contribution in [0.5, 0.6) is 0 Å². The number of aliphatic hydroxyl groups is 1. The summed E-state index contributed by atoms with van der Waals surface area (Å²) in [5.74, 6) is 0.134. The fourth-order valence-corrected chi connectivity index (χ4v) is 2.89. The molecule has 1 N–H and O–H groups in total. The molecule has 2 nitrogen and oxygen atoms in total. The Balaban J connectivity index is -0.000000269. The van der Waals surface area contributed by atoms with Gasteiger partial charge in [-0.2, -0.15) is 0 Å². The summed E-state index contributed by atoms with van der Waals surface area (Å²) in [7, 11) is 4.09. The van der Waals surface area contributed by atoms with Gasteiger partial charge in [0.25, 0.3) is 0 Å². The maximum atomic E-state index is 11.4. The van der Waals surface area contributed by atoms with Gasteiger partial charge in [0.1, 0.15) is 0 Å². The molecule has 0 heterocycles. The molecule has 0 saturated heterocycles. The molecular formula is C19H29AlLiNO. The molecule has 0 spiro atoms. The van der Waals surface area contributed by atoms with Gasteiger partial charge < -0.3 is 15.7 Å². The van der Waals surface area contributed by atoms with E-state index in [4.69, 9.17) is 0 Å². The van der Waals surface area contributed by atoms with Crippen LogP contribution in [-0.4, -0.2) is 48.0 Å². The second-order valence-electron chi connectivity index (χ2n) is 6.12. The van der Waals surface area contributed by atoms with Crippen molar-refractivity contribution >= 4 is 17.4 Å². The van der Waals surface area contributed by atoms with Crippen molar-refractivity contribution in [2.24, 2.45) is 5.92 Å². The minimum absolute atomic E-state index is 0. The molecule has 2 aromatic rings. The van der Waals surface area contributed by atoms with E-state index in [0.29, 0.717) is 6.42 Å². The molecule has 0 fully saturated rings. The predicted octanol–water partition coefficient (Wildman–Crippen LogP) is 0.388. The quantitative estimate of drug-likeness (QED) is 0.778. The summed E-state index contributed by atoms with van der Waals surface area (Å²) in [5, 5.41) is 11.4. The first-order valence-electron chi connectivity index (χ1n) is 7.49. The fraction of sp³-hybridized carbons (Fsp3) is 0.368. The summed E-state index contributed by atoms with van der Waals surface area (Å²) in [5.41, 5.74) is 1.30. The first-order chi connectivity index (χ1) is 10.0. The van der Waals surface area contributed by atoms with Gasteiger partial charge in [-0.15, -0.1) is 0 Å². The molecule has 120 valence electrons. The van der Waals surface area contributed by atoms with Gasteiger partial charge >= 0.3 is 36.2 Å². The maximum Gasteiger partial charge on any atom is 3.00 e. The Labute approximate surface area is 169 Å². The maximum absolute atomic E-state index is 11.4. The van der Waals surface area contributed by atoms with Crippen LogP contribution >= 0.6 is 0 Å². The minimum Gasteiger partial charge on any atom is -1.00 e. The van der Waals surface area contributed by atoms with Crippen molar-refractivity contribution in [1.82, 2.24) is 4.90 Å². The summed E-state index contributed by atoms with van der Waals surface area (Å²) < 4.78 is 0. The summed E-state index contributed by atoms with van der Waals surface area (Å²) in [6.45, 7) is 2.97. The second kappa shape index (κ2) is 10.4. The SMILES string of the molecule is CC(CN(C)C)C(O)(Cc1ccccc1)c1ccccc1.[Al+3].[H-].[H-].[H-].[H-].[Li+]. The molecule has 0 saturated carbocycles. The number of rotatable bonds is 6. The minimum atomic E-state index is -0.854. The van der Waals surface area contributed by atoms with Crippen molar-refractivity contribution in [3.05, 3.63) is 71.8 Å². The van der Waals surface area contributed by atoms with E-state index >= 15 is 0 Å². The molecule has 4 heteroatoms. The molecular weight excluding hydrogens is 292 g/mol. The molecule has 0 aliphatic carbocycles. The molecule has 0 aromatic heterocycles. The Morgan fingerprint density at radius 3 is 1.96 bits per heavy atom. The van der Waals surface area contributed by atoms with E-state index in [9.17, 15) is 5.11 Å². The molecule has 2 rings (SSSR count). The fourth-order valence-electron chi connectivity index (χ4n) is 2.89.